The summed E-state index contributed by atoms with van der Waals surface area (Å²) in [7, 11) is 0. The van der Waals surface area contributed by atoms with Crippen LogP contribution in [0, 0.1) is 24.0 Å². The Bertz CT molecular complexity index is 1050. The van der Waals surface area contributed by atoms with Gasteiger partial charge in [-0.05, 0) is 37.5 Å². The second kappa shape index (κ2) is 6.04. The molecule has 8 nitrogen and oxygen atoms in total. The minimum absolute atomic E-state index is 0.0286. The molecule has 0 saturated carbocycles. The minimum Gasteiger partial charge on any atom is -0.508 e. The molecule has 0 atom stereocenters. The molecule has 2 heterocycles. The third-order valence-corrected chi connectivity index (χ3v) is 4.26. The van der Waals surface area contributed by atoms with Crippen molar-refractivity contribution in [3.63, 3.8) is 0 Å². The van der Waals surface area contributed by atoms with Gasteiger partial charge in [0.25, 0.3) is 0 Å². The Morgan fingerprint density at radius 2 is 2.00 bits per heavy atom. The molecule has 1 N–H and O–H groups in total. The quantitative estimate of drug-likeness (QED) is 0.443. The van der Waals surface area contributed by atoms with Gasteiger partial charge in [-0.3, -0.25) is 14.8 Å². The van der Waals surface area contributed by atoms with Gasteiger partial charge in [0, 0.05) is 17.5 Å². The first-order valence-electron chi connectivity index (χ1n) is 7.78. The standard InChI is InChI=1S/C17H17N3O5/c1-4-11-5-13-12(6-16(22)25-15(13)7-14(11)21)8-19-10(3)17(20(23)24)9(2)18-19/h5-7,21H,4,8H2,1-3H3. The van der Waals surface area contributed by atoms with Crippen molar-refractivity contribution in [3.8, 4) is 5.75 Å². The van der Waals surface area contributed by atoms with Crippen molar-refractivity contribution in [2.24, 2.45) is 0 Å². The monoisotopic (exact) mass is 343 g/mol. The fourth-order valence-corrected chi connectivity index (χ4v) is 2.99. The van der Waals surface area contributed by atoms with Crippen molar-refractivity contribution >= 4 is 16.7 Å². The van der Waals surface area contributed by atoms with Crippen LogP contribution in [0.2, 0.25) is 0 Å². The van der Waals surface area contributed by atoms with E-state index in [1.165, 1.54) is 16.8 Å². The topological polar surface area (TPSA) is 111 Å². The summed E-state index contributed by atoms with van der Waals surface area (Å²) in [6, 6.07) is 4.53. The molecule has 2 aromatic heterocycles. The van der Waals surface area contributed by atoms with Crippen LogP contribution in [0.25, 0.3) is 11.0 Å². The van der Waals surface area contributed by atoms with Crippen molar-refractivity contribution in [1.29, 1.82) is 0 Å². The zero-order valence-electron chi connectivity index (χ0n) is 14.1. The Morgan fingerprint density at radius 3 is 2.60 bits per heavy atom. The molecular formula is C17H17N3O5. The van der Waals surface area contributed by atoms with Crippen LogP contribution in [0.3, 0.4) is 0 Å². The van der Waals surface area contributed by atoms with E-state index in [2.05, 4.69) is 5.10 Å². The van der Waals surface area contributed by atoms with Gasteiger partial charge in [0.1, 0.15) is 22.7 Å². The van der Waals surface area contributed by atoms with Crippen LogP contribution in [0.1, 0.15) is 29.4 Å². The van der Waals surface area contributed by atoms with Crippen LogP contribution in [0.5, 0.6) is 5.75 Å². The third-order valence-electron chi connectivity index (χ3n) is 4.26. The molecule has 8 heteroatoms. The lowest BCUT2D eigenvalue weighted by atomic mass is 10.0. The molecule has 0 aliphatic rings. The fourth-order valence-electron chi connectivity index (χ4n) is 2.99. The summed E-state index contributed by atoms with van der Waals surface area (Å²) in [6.07, 6.45) is 0.617. The van der Waals surface area contributed by atoms with Gasteiger partial charge in [-0.25, -0.2) is 4.79 Å². The first-order valence-corrected chi connectivity index (χ1v) is 7.78. The lowest BCUT2D eigenvalue weighted by Crippen LogP contribution is -2.08. The van der Waals surface area contributed by atoms with E-state index in [1.807, 2.05) is 6.92 Å². The van der Waals surface area contributed by atoms with Crippen molar-refractivity contribution in [3.05, 3.63) is 61.2 Å². The molecule has 0 radical (unpaired) electrons. The van der Waals surface area contributed by atoms with Crippen molar-refractivity contribution < 1.29 is 14.4 Å². The van der Waals surface area contributed by atoms with E-state index < -0.39 is 10.5 Å². The second-order valence-corrected chi connectivity index (χ2v) is 5.86. The van der Waals surface area contributed by atoms with Crippen LogP contribution >= 0.6 is 0 Å². The first kappa shape index (κ1) is 16.7. The van der Waals surface area contributed by atoms with Crippen LogP contribution in [-0.2, 0) is 13.0 Å². The fraction of sp³-hybridized carbons (Fsp3) is 0.294. The minimum atomic E-state index is -0.554. The van der Waals surface area contributed by atoms with Gasteiger partial charge < -0.3 is 9.52 Å². The number of aromatic nitrogens is 2. The van der Waals surface area contributed by atoms with Gasteiger partial charge >= 0.3 is 11.3 Å². The van der Waals surface area contributed by atoms with Crippen molar-refractivity contribution in [1.82, 2.24) is 9.78 Å². The predicted octanol–water partition coefficient (Wildman–Crippen LogP) is 2.83. The van der Waals surface area contributed by atoms with Gasteiger partial charge in [0.15, 0.2) is 0 Å². The average molecular weight is 343 g/mol. The van der Waals surface area contributed by atoms with E-state index in [1.54, 1.807) is 19.9 Å². The Kier molecular flexibility index (Phi) is 4.03. The molecule has 0 amide bonds. The van der Waals surface area contributed by atoms with E-state index in [9.17, 15) is 20.0 Å². The van der Waals surface area contributed by atoms with Gasteiger partial charge in [-0.1, -0.05) is 6.92 Å². The Labute approximate surface area is 142 Å². The van der Waals surface area contributed by atoms with Crippen LogP contribution in [0.15, 0.2) is 27.4 Å². The zero-order chi connectivity index (χ0) is 18.3. The summed E-state index contributed by atoms with van der Waals surface area (Å²) < 4.78 is 6.66. The molecule has 0 aliphatic carbocycles. The summed E-state index contributed by atoms with van der Waals surface area (Å²) in [5.74, 6) is 0.0667. The summed E-state index contributed by atoms with van der Waals surface area (Å²) >= 11 is 0. The number of phenols is 1. The molecule has 0 aliphatic heterocycles. The summed E-state index contributed by atoms with van der Waals surface area (Å²) in [5, 5.41) is 26.0. The first-order chi connectivity index (χ1) is 11.8. The number of aryl methyl sites for hydroxylation is 2. The average Bonchev–Trinajstić information content (AvgIpc) is 2.80. The molecule has 0 bridgehead atoms. The van der Waals surface area contributed by atoms with Gasteiger partial charge in [0.2, 0.25) is 0 Å². The Hall–Kier alpha value is -3.16. The maximum atomic E-state index is 11.8. The molecule has 3 rings (SSSR count). The number of hydrogen-bond acceptors (Lipinski definition) is 6. The van der Waals surface area contributed by atoms with E-state index >= 15 is 0 Å². The van der Waals surface area contributed by atoms with Gasteiger partial charge in [-0.2, -0.15) is 5.10 Å². The van der Waals surface area contributed by atoms with Crippen molar-refractivity contribution in [2.75, 3.05) is 0 Å². The highest BCUT2D eigenvalue weighted by molar-refractivity contribution is 5.82. The van der Waals surface area contributed by atoms with Crippen LogP contribution in [0.4, 0.5) is 5.69 Å². The second-order valence-electron chi connectivity index (χ2n) is 5.86. The molecule has 130 valence electrons. The summed E-state index contributed by atoms with van der Waals surface area (Å²) in [6.45, 7) is 5.29. The van der Waals surface area contributed by atoms with Crippen molar-refractivity contribution in [2.45, 2.75) is 33.7 Å². The van der Waals surface area contributed by atoms with Gasteiger partial charge in [0.05, 0.1) is 11.5 Å². The van der Waals surface area contributed by atoms with E-state index in [0.717, 1.165) is 5.56 Å². The molecule has 0 fully saturated rings. The molecular weight excluding hydrogens is 326 g/mol. The maximum Gasteiger partial charge on any atom is 0.336 e. The molecule has 3 aromatic rings. The summed E-state index contributed by atoms with van der Waals surface area (Å²) in [5.41, 5.74) is 1.78. The lowest BCUT2D eigenvalue weighted by molar-refractivity contribution is -0.386. The van der Waals surface area contributed by atoms with E-state index in [0.29, 0.717) is 28.8 Å². The molecule has 0 saturated heterocycles. The van der Waals surface area contributed by atoms with Crippen LogP contribution in [-0.4, -0.2) is 19.8 Å². The Morgan fingerprint density at radius 1 is 1.28 bits per heavy atom. The van der Waals surface area contributed by atoms with Crippen LogP contribution < -0.4 is 5.63 Å². The SMILES string of the molecule is CCc1cc2c(Cn3nc(C)c([N+](=O)[O-])c3C)cc(=O)oc2cc1O. The maximum absolute atomic E-state index is 11.8. The number of benzene rings is 1. The van der Waals surface area contributed by atoms with E-state index in [-0.39, 0.29) is 23.6 Å². The number of nitro groups is 1. The summed E-state index contributed by atoms with van der Waals surface area (Å²) in [4.78, 5) is 22.5. The number of hydrogen-bond donors (Lipinski definition) is 1. The predicted molar refractivity (Wildman–Crippen MR) is 91.0 cm³/mol. The molecule has 1 aromatic carbocycles. The number of aromatic hydroxyl groups is 1. The number of nitrogens with zero attached hydrogens (tertiary/aromatic N) is 3. The molecule has 0 spiro atoms. The largest absolute Gasteiger partial charge is 0.508 e. The number of phenolic OH excluding ortho intramolecular Hbond substituents is 1. The molecule has 25 heavy (non-hydrogen) atoms. The zero-order valence-corrected chi connectivity index (χ0v) is 14.1. The lowest BCUT2D eigenvalue weighted by Gasteiger charge is -2.09. The normalized spacial score (nSPS) is 11.2. The number of fused-ring (bicyclic) bond motifs is 1. The van der Waals surface area contributed by atoms with E-state index in [4.69, 9.17) is 4.42 Å². The highest BCUT2D eigenvalue weighted by Crippen LogP contribution is 2.28. The Balaban J connectivity index is 2.18. The highest BCUT2D eigenvalue weighted by atomic mass is 16.6. The smallest absolute Gasteiger partial charge is 0.336 e. The third kappa shape index (κ3) is 2.86. The highest BCUT2D eigenvalue weighted by Gasteiger charge is 2.22. The molecule has 0 unspecified atom stereocenters. The number of rotatable bonds is 4. The van der Waals surface area contributed by atoms with Gasteiger partial charge in [-0.15, -0.1) is 0 Å².